The van der Waals surface area contributed by atoms with E-state index in [-0.39, 0.29) is 4.87 Å². The summed E-state index contributed by atoms with van der Waals surface area (Å²) in [4.78, 5) is 13.6. The van der Waals surface area contributed by atoms with Crippen LogP contribution in [-0.2, 0) is 0 Å². The van der Waals surface area contributed by atoms with Crippen molar-refractivity contribution >= 4 is 38.9 Å². The van der Waals surface area contributed by atoms with Crippen LogP contribution >= 0.6 is 38.9 Å². The molecule has 5 heteroatoms. The number of rotatable bonds is 1. The Morgan fingerprint density at radius 1 is 1.43 bits per heavy atom. The Morgan fingerprint density at radius 3 is 2.79 bits per heavy atom. The first kappa shape index (κ1) is 9.96. The molecular weight excluding hydrogens is 286 g/mol. The number of thiazole rings is 1. The standard InChI is InChI=1S/C9H5BrClNOS/c10-5-1-2-6(7(11)3-5)8-4-14-9(13)12-8/h1-4H,(H,12,13). The van der Waals surface area contributed by atoms with Gasteiger partial charge in [-0.05, 0) is 12.1 Å². The Kier molecular flexibility index (Phi) is 2.76. The first-order valence-electron chi connectivity index (χ1n) is 3.80. The summed E-state index contributed by atoms with van der Waals surface area (Å²) in [5.41, 5.74) is 1.60. The second-order valence-electron chi connectivity index (χ2n) is 2.69. The molecule has 0 bridgehead atoms. The molecule has 72 valence electrons. The summed E-state index contributed by atoms with van der Waals surface area (Å²) in [6.07, 6.45) is 0. The van der Waals surface area contributed by atoms with Crippen LogP contribution in [0.25, 0.3) is 11.3 Å². The topological polar surface area (TPSA) is 32.9 Å². The monoisotopic (exact) mass is 289 g/mol. The van der Waals surface area contributed by atoms with Gasteiger partial charge in [-0.15, -0.1) is 0 Å². The van der Waals surface area contributed by atoms with Gasteiger partial charge in [0.1, 0.15) is 0 Å². The van der Waals surface area contributed by atoms with Crippen LogP contribution in [0.4, 0.5) is 0 Å². The molecule has 1 aromatic heterocycles. The van der Waals surface area contributed by atoms with Gasteiger partial charge in [-0.2, -0.15) is 0 Å². The third-order valence-electron chi connectivity index (χ3n) is 1.74. The predicted octanol–water partition coefficient (Wildman–Crippen LogP) is 3.52. The van der Waals surface area contributed by atoms with E-state index in [0.29, 0.717) is 5.02 Å². The number of aromatic amines is 1. The van der Waals surface area contributed by atoms with Crippen molar-refractivity contribution in [3.63, 3.8) is 0 Å². The molecule has 0 radical (unpaired) electrons. The minimum Gasteiger partial charge on any atom is -0.312 e. The van der Waals surface area contributed by atoms with Crippen molar-refractivity contribution in [1.29, 1.82) is 0 Å². The van der Waals surface area contributed by atoms with Gasteiger partial charge in [-0.25, -0.2) is 0 Å². The van der Waals surface area contributed by atoms with Gasteiger partial charge in [0, 0.05) is 15.4 Å². The lowest BCUT2D eigenvalue weighted by atomic mass is 10.2. The Balaban J connectivity index is 2.57. The zero-order valence-electron chi connectivity index (χ0n) is 6.88. The molecule has 0 fully saturated rings. The van der Waals surface area contributed by atoms with Crippen molar-refractivity contribution in [2.45, 2.75) is 0 Å². The SMILES string of the molecule is O=c1[nH]c(-c2ccc(Br)cc2Cl)cs1. The normalized spacial score (nSPS) is 10.4. The van der Waals surface area contributed by atoms with E-state index in [1.165, 1.54) is 0 Å². The van der Waals surface area contributed by atoms with Crippen LogP contribution in [0.15, 0.2) is 32.8 Å². The lowest BCUT2D eigenvalue weighted by Gasteiger charge is -2.00. The van der Waals surface area contributed by atoms with Crippen molar-refractivity contribution in [3.8, 4) is 11.3 Å². The number of hydrogen-bond donors (Lipinski definition) is 1. The molecule has 0 saturated heterocycles. The summed E-state index contributed by atoms with van der Waals surface area (Å²) in [6, 6.07) is 5.55. The summed E-state index contributed by atoms with van der Waals surface area (Å²) in [6.45, 7) is 0. The maximum atomic E-state index is 11.0. The summed E-state index contributed by atoms with van der Waals surface area (Å²) < 4.78 is 0.920. The molecule has 0 atom stereocenters. The molecule has 2 nitrogen and oxygen atoms in total. The van der Waals surface area contributed by atoms with Gasteiger partial charge in [-0.1, -0.05) is 44.9 Å². The molecule has 0 saturated carbocycles. The number of hydrogen-bond acceptors (Lipinski definition) is 2. The molecule has 0 amide bonds. The van der Waals surface area contributed by atoms with E-state index >= 15 is 0 Å². The molecule has 1 heterocycles. The van der Waals surface area contributed by atoms with Crippen molar-refractivity contribution in [2.24, 2.45) is 0 Å². The average molecular weight is 291 g/mol. The van der Waals surface area contributed by atoms with Gasteiger partial charge >= 0.3 is 4.87 Å². The van der Waals surface area contributed by atoms with Crippen molar-refractivity contribution in [2.75, 3.05) is 0 Å². The van der Waals surface area contributed by atoms with Crippen LogP contribution in [0, 0.1) is 0 Å². The van der Waals surface area contributed by atoms with Crippen LogP contribution in [0.5, 0.6) is 0 Å². The van der Waals surface area contributed by atoms with Gasteiger partial charge in [0.05, 0.1) is 10.7 Å². The lowest BCUT2D eigenvalue weighted by Crippen LogP contribution is -1.92. The Bertz CT molecular complexity index is 520. The summed E-state index contributed by atoms with van der Waals surface area (Å²) in [5.74, 6) is 0. The minimum absolute atomic E-state index is 0.0704. The number of H-pyrrole nitrogens is 1. The second-order valence-corrected chi connectivity index (χ2v) is 4.85. The van der Waals surface area contributed by atoms with Gasteiger partial charge in [0.15, 0.2) is 0 Å². The quantitative estimate of drug-likeness (QED) is 0.856. The van der Waals surface area contributed by atoms with E-state index in [4.69, 9.17) is 11.6 Å². The summed E-state index contributed by atoms with van der Waals surface area (Å²) >= 11 is 10.5. The summed E-state index contributed by atoms with van der Waals surface area (Å²) in [7, 11) is 0. The number of nitrogens with one attached hydrogen (secondary N) is 1. The van der Waals surface area contributed by atoms with Crippen LogP contribution in [0.3, 0.4) is 0 Å². The van der Waals surface area contributed by atoms with E-state index in [1.54, 1.807) is 11.4 Å². The first-order chi connectivity index (χ1) is 6.66. The third-order valence-corrected chi connectivity index (χ3v) is 3.22. The summed E-state index contributed by atoms with van der Waals surface area (Å²) in [5, 5.41) is 2.38. The maximum absolute atomic E-state index is 11.0. The molecule has 0 aliphatic carbocycles. The molecule has 1 aromatic carbocycles. The van der Waals surface area contributed by atoms with Crippen molar-refractivity contribution in [3.05, 3.63) is 42.7 Å². The zero-order valence-corrected chi connectivity index (χ0v) is 10.0. The van der Waals surface area contributed by atoms with Crippen molar-refractivity contribution in [1.82, 2.24) is 4.98 Å². The zero-order chi connectivity index (χ0) is 10.1. The van der Waals surface area contributed by atoms with Gasteiger partial charge in [-0.3, -0.25) is 4.79 Å². The molecule has 2 rings (SSSR count). The highest BCUT2D eigenvalue weighted by atomic mass is 79.9. The number of halogens is 2. The highest BCUT2D eigenvalue weighted by molar-refractivity contribution is 9.10. The largest absolute Gasteiger partial charge is 0.312 e. The van der Waals surface area contributed by atoms with Crippen LogP contribution in [0.2, 0.25) is 5.02 Å². The molecule has 0 unspecified atom stereocenters. The van der Waals surface area contributed by atoms with Gasteiger partial charge < -0.3 is 4.98 Å². The molecule has 14 heavy (non-hydrogen) atoms. The second kappa shape index (κ2) is 3.88. The minimum atomic E-state index is -0.0704. The smallest absolute Gasteiger partial charge is 0.304 e. The molecule has 0 aliphatic heterocycles. The van der Waals surface area contributed by atoms with Crippen LogP contribution < -0.4 is 4.87 Å². The van der Waals surface area contributed by atoms with Gasteiger partial charge in [0.2, 0.25) is 0 Å². The third kappa shape index (κ3) is 1.92. The van der Waals surface area contributed by atoms with E-state index in [0.717, 1.165) is 27.1 Å². The Hall–Kier alpha value is -0.580. The molecule has 0 aliphatic rings. The maximum Gasteiger partial charge on any atom is 0.304 e. The molecular formula is C9H5BrClNOS. The van der Waals surface area contributed by atoms with Crippen molar-refractivity contribution < 1.29 is 0 Å². The fraction of sp³-hybridized carbons (Fsp3) is 0. The van der Waals surface area contributed by atoms with Crippen LogP contribution in [-0.4, -0.2) is 4.98 Å². The van der Waals surface area contributed by atoms with E-state index in [1.807, 2.05) is 12.1 Å². The first-order valence-corrected chi connectivity index (χ1v) is 5.85. The molecule has 1 N–H and O–H groups in total. The molecule has 0 spiro atoms. The van der Waals surface area contributed by atoms with E-state index < -0.39 is 0 Å². The van der Waals surface area contributed by atoms with E-state index in [2.05, 4.69) is 20.9 Å². The van der Waals surface area contributed by atoms with Crippen LogP contribution in [0.1, 0.15) is 0 Å². The highest BCUT2D eigenvalue weighted by Gasteiger charge is 2.05. The molecule has 2 aromatic rings. The average Bonchev–Trinajstić information content (AvgIpc) is 2.51. The Labute approximate surface area is 97.7 Å². The highest BCUT2D eigenvalue weighted by Crippen LogP contribution is 2.29. The lowest BCUT2D eigenvalue weighted by molar-refractivity contribution is 1.34. The fourth-order valence-corrected chi connectivity index (χ4v) is 2.47. The van der Waals surface area contributed by atoms with Gasteiger partial charge in [0.25, 0.3) is 0 Å². The number of aromatic nitrogens is 1. The van der Waals surface area contributed by atoms with E-state index in [9.17, 15) is 4.79 Å². The Morgan fingerprint density at radius 2 is 2.21 bits per heavy atom. The predicted molar refractivity (Wildman–Crippen MR) is 63.1 cm³/mol. The number of benzene rings is 1. The fourth-order valence-electron chi connectivity index (χ4n) is 1.12.